The molecule has 0 saturated carbocycles. The zero-order valence-corrected chi connectivity index (χ0v) is 12.9. The molecule has 1 aliphatic heterocycles. The molecule has 2 rings (SSSR count). The highest BCUT2D eigenvalue weighted by Crippen LogP contribution is 2.29. The van der Waals surface area contributed by atoms with Crippen LogP contribution in [-0.2, 0) is 12.7 Å². The van der Waals surface area contributed by atoms with E-state index in [1.165, 1.54) is 18.6 Å². The number of nitrogens with one attached hydrogen (secondary N) is 1. The van der Waals surface area contributed by atoms with Crippen molar-refractivity contribution in [3.8, 4) is 0 Å². The normalized spacial score (nSPS) is 20.1. The molecule has 120 valence electrons. The molecule has 0 radical (unpaired) electrons. The Kier molecular flexibility index (Phi) is 6.97. The van der Waals surface area contributed by atoms with Gasteiger partial charge in [0.15, 0.2) is 0 Å². The van der Waals surface area contributed by atoms with Gasteiger partial charge in [-0.3, -0.25) is 4.90 Å². The first kappa shape index (κ1) is 18.3. The summed E-state index contributed by atoms with van der Waals surface area (Å²) in [5.41, 5.74) is 0.371. The minimum Gasteiger partial charge on any atom is -0.319 e. The van der Waals surface area contributed by atoms with E-state index < -0.39 is 11.7 Å². The van der Waals surface area contributed by atoms with E-state index >= 15 is 0 Å². The van der Waals surface area contributed by atoms with E-state index in [1.807, 2.05) is 7.05 Å². The number of hydrogen-bond donors (Lipinski definition) is 1. The lowest BCUT2D eigenvalue weighted by Gasteiger charge is -2.32. The van der Waals surface area contributed by atoms with Crippen LogP contribution in [0.4, 0.5) is 13.2 Å². The van der Waals surface area contributed by atoms with Gasteiger partial charge in [-0.25, -0.2) is 0 Å². The summed E-state index contributed by atoms with van der Waals surface area (Å²) in [4.78, 5) is 2.33. The predicted molar refractivity (Wildman–Crippen MR) is 80.6 cm³/mol. The Labute approximate surface area is 130 Å². The SMILES string of the molecule is CNCC1CCCN(Cc2ccc(C(F)(F)F)cc2)C1.Cl. The third kappa shape index (κ3) is 5.49. The van der Waals surface area contributed by atoms with Gasteiger partial charge in [0.1, 0.15) is 0 Å². The van der Waals surface area contributed by atoms with Gasteiger partial charge < -0.3 is 5.32 Å². The molecule has 1 unspecified atom stereocenters. The standard InChI is InChI=1S/C15H21F3N2.ClH/c1-19-9-13-3-2-8-20(11-13)10-12-4-6-14(7-5-12)15(16,17)18;/h4-7,13,19H,2-3,8-11H2,1H3;1H. The summed E-state index contributed by atoms with van der Waals surface area (Å²) >= 11 is 0. The van der Waals surface area contributed by atoms with Crippen LogP contribution in [0.1, 0.15) is 24.0 Å². The molecule has 1 saturated heterocycles. The van der Waals surface area contributed by atoms with Crippen LogP contribution in [0.15, 0.2) is 24.3 Å². The lowest BCUT2D eigenvalue weighted by atomic mass is 9.97. The zero-order chi connectivity index (χ0) is 14.6. The van der Waals surface area contributed by atoms with E-state index in [9.17, 15) is 13.2 Å². The summed E-state index contributed by atoms with van der Waals surface area (Å²) < 4.78 is 37.5. The molecule has 1 atom stereocenters. The van der Waals surface area contributed by atoms with Gasteiger partial charge in [0.05, 0.1) is 5.56 Å². The second kappa shape index (κ2) is 8.01. The van der Waals surface area contributed by atoms with Gasteiger partial charge in [-0.1, -0.05) is 12.1 Å². The number of rotatable bonds is 4. The molecule has 0 aromatic heterocycles. The number of halogens is 4. The molecule has 0 amide bonds. The molecular weight excluding hydrogens is 301 g/mol. The number of likely N-dealkylation sites (tertiary alicyclic amines) is 1. The van der Waals surface area contributed by atoms with Crippen LogP contribution in [0.2, 0.25) is 0 Å². The maximum atomic E-state index is 12.5. The van der Waals surface area contributed by atoms with Crippen molar-refractivity contribution >= 4 is 12.4 Å². The molecule has 1 aliphatic rings. The van der Waals surface area contributed by atoms with E-state index in [-0.39, 0.29) is 12.4 Å². The molecule has 0 spiro atoms. The molecule has 1 aromatic carbocycles. The Morgan fingerprint density at radius 3 is 2.48 bits per heavy atom. The fourth-order valence-electron chi connectivity index (χ4n) is 2.81. The first-order chi connectivity index (χ1) is 9.49. The van der Waals surface area contributed by atoms with E-state index in [0.717, 1.165) is 38.2 Å². The lowest BCUT2D eigenvalue weighted by Crippen LogP contribution is -2.38. The van der Waals surface area contributed by atoms with Crippen molar-refractivity contribution in [3.63, 3.8) is 0 Å². The fourth-order valence-corrected chi connectivity index (χ4v) is 2.81. The molecular formula is C15H22ClF3N2. The topological polar surface area (TPSA) is 15.3 Å². The van der Waals surface area contributed by atoms with Gasteiger partial charge >= 0.3 is 6.18 Å². The predicted octanol–water partition coefficient (Wildman–Crippen LogP) is 3.56. The first-order valence-corrected chi connectivity index (χ1v) is 7.02. The summed E-state index contributed by atoms with van der Waals surface area (Å²) in [6.45, 7) is 3.78. The number of nitrogens with zero attached hydrogens (tertiary/aromatic N) is 1. The molecule has 1 aromatic rings. The third-order valence-corrected chi connectivity index (χ3v) is 3.78. The van der Waals surface area contributed by atoms with Crippen LogP contribution in [0.5, 0.6) is 0 Å². The molecule has 1 N–H and O–H groups in total. The van der Waals surface area contributed by atoms with Crippen molar-refractivity contribution in [2.45, 2.75) is 25.6 Å². The van der Waals surface area contributed by atoms with E-state index in [4.69, 9.17) is 0 Å². The third-order valence-electron chi connectivity index (χ3n) is 3.78. The average molecular weight is 323 g/mol. The summed E-state index contributed by atoms with van der Waals surface area (Å²) in [5, 5.41) is 3.19. The van der Waals surface area contributed by atoms with Crippen molar-refractivity contribution in [2.75, 3.05) is 26.7 Å². The van der Waals surface area contributed by atoms with Crippen molar-refractivity contribution < 1.29 is 13.2 Å². The largest absolute Gasteiger partial charge is 0.416 e. The number of hydrogen-bond acceptors (Lipinski definition) is 2. The fraction of sp³-hybridized carbons (Fsp3) is 0.600. The van der Waals surface area contributed by atoms with Gasteiger partial charge in [-0.05, 0) is 56.6 Å². The Morgan fingerprint density at radius 1 is 1.24 bits per heavy atom. The van der Waals surface area contributed by atoms with Crippen LogP contribution >= 0.6 is 12.4 Å². The van der Waals surface area contributed by atoms with Crippen LogP contribution in [0.25, 0.3) is 0 Å². The van der Waals surface area contributed by atoms with Gasteiger partial charge in [0, 0.05) is 13.1 Å². The lowest BCUT2D eigenvalue weighted by molar-refractivity contribution is -0.137. The number of benzene rings is 1. The van der Waals surface area contributed by atoms with Crippen LogP contribution in [-0.4, -0.2) is 31.6 Å². The molecule has 1 fully saturated rings. The van der Waals surface area contributed by atoms with Crippen molar-refractivity contribution in [1.29, 1.82) is 0 Å². The second-order valence-electron chi connectivity index (χ2n) is 5.50. The molecule has 2 nitrogen and oxygen atoms in total. The quantitative estimate of drug-likeness (QED) is 0.912. The Hall–Kier alpha value is -0.780. The second-order valence-corrected chi connectivity index (χ2v) is 5.50. The monoisotopic (exact) mass is 322 g/mol. The highest BCUT2D eigenvalue weighted by molar-refractivity contribution is 5.85. The van der Waals surface area contributed by atoms with Gasteiger partial charge in [-0.15, -0.1) is 12.4 Å². The highest BCUT2D eigenvalue weighted by atomic mass is 35.5. The van der Waals surface area contributed by atoms with E-state index in [1.54, 1.807) is 12.1 Å². The Bertz CT molecular complexity index is 418. The molecule has 1 heterocycles. The summed E-state index contributed by atoms with van der Waals surface area (Å²) in [5.74, 6) is 0.642. The van der Waals surface area contributed by atoms with Gasteiger partial charge in [0.25, 0.3) is 0 Å². The molecule has 0 aliphatic carbocycles. The maximum absolute atomic E-state index is 12.5. The number of alkyl halides is 3. The van der Waals surface area contributed by atoms with Crippen LogP contribution in [0.3, 0.4) is 0 Å². The highest BCUT2D eigenvalue weighted by Gasteiger charge is 2.30. The minimum atomic E-state index is -4.25. The summed E-state index contributed by atoms with van der Waals surface area (Å²) in [6.07, 6.45) is -1.86. The van der Waals surface area contributed by atoms with Crippen LogP contribution < -0.4 is 5.32 Å². The smallest absolute Gasteiger partial charge is 0.319 e. The first-order valence-electron chi connectivity index (χ1n) is 7.02. The Balaban J connectivity index is 0.00000220. The van der Waals surface area contributed by atoms with Crippen molar-refractivity contribution in [3.05, 3.63) is 35.4 Å². The molecule has 6 heteroatoms. The maximum Gasteiger partial charge on any atom is 0.416 e. The van der Waals surface area contributed by atoms with Crippen LogP contribution in [0, 0.1) is 5.92 Å². The molecule has 21 heavy (non-hydrogen) atoms. The van der Waals surface area contributed by atoms with Crippen molar-refractivity contribution in [1.82, 2.24) is 10.2 Å². The number of piperidine rings is 1. The van der Waals surface area contributed by atoms with Gasteiger partial charge in [-0.2, -0.15) is 13.2 Å². The van der Waals surface area contributed by atoms with Gasteiger partial charge in [0.2, 0.25) is 0 Å². The Morgan fingerprint density at radius 2 is 1.90 bits per heavy atom. The summed E-state index contributed by atoms with van der Waals surface area (Å²) in [7, 11) is 1.95. The molecule has 0 bridgehead atoms. The van der Waals surface area contributed by atoms with E-state index in [0.29, 0.717) is 5.92 Å². The zero-order valence-electron chi connectivity index (χ0n) is 12.1. The van der Waals surface area contributed by atoms with E-state index in [2.05, 4.69) is 10.2 Å². The average Bonchev–Trinajstić information content (AvgIpc) is 2.39. The van der Waals surface area contributed by atoms with Crippen molar-refractivity contribution in [2.24, 2.45) is 5.92 Å². The summed E-state index contributed by atoms with van der Waals surface area (Å²) in [6, 6.07) is 5.52. The minimum absolute atomic E-state index is 0.